The Bertz CT molecular complexity index is 1690. The highest BCUT2D eigenvalue weighted by molar-refractivity contribution is 7.99. The van der Waals surface area contributed by atoms with Gasteiger partial charge in [0.05, 0.1) is 16.8 Å². The Morgan fingerprint density at radius 2 is 1.56 bits per heavy atom. The number of hydrogen-bond acceptors (Lipinski definition) is 6. The Hall–Kier alpha value is -4.46. The molecule has 2 heterocycles. The Kier molecular flexibility index (Phi) is 8.07. The van der Waals surface area contributed by atoms with E-state index >= 15 is 0 Å². The highest BCUT2D eigenvalue weighted by Crippen LogP contribution is 2.33. The number of fused-ring (bicyclic) bond motifs is 2. The standard InChI is InChI=1S/C34H29N3O3S/c38-32(36-30-17-9-10-18-31(30)41-25-13-5-2-6-14-25)23-40-34(39)33-26-15-7-8-16-28(26)35-29-19-20-37(22-27(29)33)21-24-11-3-1-4-12-24/h1-18H,19-23H2,(H,36,38). The van der Waals surface area contributed by atoms with E-state index in [0.717, 1.165) is 51.5 Å². The number of benzene rings is 4. The van der Waals surface area contributed by atoms with Crippen LogP contribution in [0.1, 0.15) is 27.2 Å². The number of hydrogen-bond donors (Lipinski definition) is 1. The molecule has 1 amide bonds. The number of anilines is 1. The summed E-state index contributed by atoms with van der Waals surface area (Å²) in [5.41, 5.74) is 4.93. The van der Waals surface area contributed by atoms with E-state index in [9.17, 15) is 9.59 Å². The lowest BCUT2D eigenvalue weighted by molar-refractivity contribution is -0.119. The molecule has 204 valence electrons. The molecular weight excluding hydrogens is 530 g/mol. The molecule has 4 aromatic carbocycles. The lowest BCUT2D eigenvalue weighted by Crippen LogP contribution is -2.32. The minimum absolute atomic E-state index is 0.387. The minimum atomic E-state index is -0.511. The topological polar surface area (TPSA) is 71.5 Å². The van der Waals surface area contributed by atoms with Crippen molar-refractivity contribution in [2.24, 2.45) is 0 Å². The Balaban J connectivity index is 1.19. The minimum Gasteiger partial charge on any atom is -0.452 e. The molecule has 0 saturated heterocycles. The molecule has 41 heavy (non-hydrogen) atoms. The zero-order valence-electron chi connectivity index (χ0n) is 22.5. The van der Waals surface area contributed by atoms with Gasteiger partial charge in [-0.1, -0.05) is 90.6 Å². The highest BCUT2D eigenvalue weighted by Gasteiger charge is 2.27. The van der Waals surface area contributed by atoms with Crippen LogP contribution >= 0.6 is 11.8 Å². The third-order valence-corrected chi connectivity index (χ3v) is 8.13. The quantitative estimate of drug-likeness (QED) is 0.212. The molecule has 7 heteroatoms. The molecule has 1 aliphatic heterocycles. The molecule has 1 aromatic heterocycles. The van der Waals surface area contributed by atoms with Crippen LogP contribution in [-0.4, -0.2) is 34.9 Å². The van der Waals surface area contributed by atoms with Gasteiger partial charge in [-0.3, -0.25) is 14.7 Å². The monoisotopic (exact) mass is 559 g/mol. The van der Waals surface area contributed by atoms with E-state index in [0.29, 0.717) is 17.8 Å². The first kappa shape index (κ1) is 26.7. The molecule has 1 N–H and O–H groups in total. The van der Waals surface area contributed by atoms with Crippen molar-refractivity contribution in [3.63, 3.8) is 0 Å². The maximum absolute atomic E-state index is 13.6. The molecule has 6 rings (SSSR count). The van der Waals surface area contributed by atoms with Gasteiger partial charge >= 0.3 is 5.97 Å². The van der Waals surface area contributed by atoms with Gasteiger partial charge < -0.3 is 10.1 Å². The van der Waals surface area contributed by atoms with Crippen molar-refractivity contribution in [1.82, 2.24) is 9.88 Å². The number of nitrogens with one attached hydrogen (secondary N) is 1. The number of amides is 1. The lowest BCUT2D eigenvalue weighted by atomic mass is 9.95. The fourth-order valence-corrected chi connectivity index (χ4v) is 6.04. The second-order valence-corrected chi connectivity index (χ2v) is 11.0. The number of carbonyl (C=O) groups excluding carboxylic acids is 2. The summed E-state index contributed by atoms with van der Waals surface area (Å²) in [5, 5.41) is 3.65. The van der Waals surface area contributed by atoms with E-state index in [1.165, 1.54) is 5.56 Å². The van der Waals surface area contributed by atoms with Gasteiger partial charge in [0.2, 0.25) is 0 Å². The summed E-state index contributed by atoms with van der Waals surface area (Å²) in [6.45, 7) is 1.83. The SMILES string of the molecule is O=C(COC(=O)c1c2c(nc3ccccc13)CCN(Cc1ccccc1)C2)Nc1ccccc1Sc1ccccc1. The number of para-hydroxylation sites is 2. The Labute approximate surface area is 243 Å². The first-order chi connectivity index (χ1) is 20.1. The van der Waals surface area contributed by atoms with Crippen LogP contribution in [0.15, 0.2) is 119 Å². The number of carbonyl (C=O) groups is 2. The summed E-state index contributed by atoms with van der Waals surface area (Å²) in [7, 11) is 0. The third-order valence-electron chi connectivity index (χ3n) is 7.05. The summed E-state index contributed by atoms with van der Waals surface area (Å²) in [4.78, 5) is 35.7. The van der Waals surface area contributed by atoms with E-state index in [-0.39, 0.29) is 6.61 Å². The predicted octanol–water partition coefficient (Wildman–Crippen LogP) is 6.74. The van der Waals surface area contributed by atoms with Crippen molar-refractivity contribution in [2.75, 3.05) is 18.5 Å². The van der Waals surface area contributed by atoms with Crippen LogP contribution in [-0.2, 0) is 29.0 Å². The van der Waals surface area contributed by atoms with Gasteiger partial charge in [0, 0.05) is 52.5 Å². The molecule has 0 radical (unpaired) electrons. The summed E-state index contributed by atoms with van der Waals surface area (Å²) in [5.74, 6) is -0.902. The normalized spacial score (nSPS) is 13.0. The second-order valence-electron chi connectivity index (χ2n) is 9.91. The van der Waals surface area contributed by atoms with Gasteiger partial charge in [-0.2, -0.15) is 0 Å². The first-order valence-corrected chi connectivity index (χ1v) is 14.4. The summed E-state index contributed by atoms with van der Waals surface area (Å²) >= 11 is 1.56. The number of pyridine rings is 1. The van der Waals surface area contributed by atoms with Crippen LogP contribution in [0.4, 0.5) is 5.69 Å². The van der Waals surface area contributed by atoms with E-state index < -0.39 is 11.9 Å². The molecule has 0 bridgehead atoms. The van der Waals surface area contributed by atoms with E-state index in [1.807, 2.05) is 97.1 Å². The predicted molar refractivity (Wildman–Crippen MR) is 162 cm³/mol. The zero-order valence-corrected chi connectivity index (χ0v) is 23.3. The number of aromatic nitrogens is 1. The largest absolute Gasteiger partial charge is 0.452 e. The van der Waals surface area contributed by atoms with Crippen LogP contribution in [0.25, 0.3) is 10.9 Å². The second kappa shape index (κ2) is 12.4. The third kappa shape index (κ3) is 6.32. The number of esters is 1. The molecule has 6 nitrogen and oxygen atoms in total. The maximum atomic E-state index is 13.6. The molecule has 5 aromatic rings. The van der Waals surface area contributed by atoms with Gasteiger partial charge in [-0.25, -0.2) is 4.79 Å². The van der Waals surface area contributed by atoms with Crippen LogP contribution < -0.4 is 5.32 Å². The molecule has 0 atom stereocenters. The van der Waals surface area contributed by atoms with E-state index in [2.05, 4.69) is 22.3 Å². The van der Waals surface area contributed by atoms with Crippen molar-refractivity contribution in [1.29, 1.82) is 0 Å². The van der Waals surface area contributed by atoms with Crippen LogP contribution in [0.2, 0.25) is 0 Å². The fraction of sp³-hybridized carbons (Fsp3) is 0.147. The fourth-order valence-electron chi connectivity index (χ4n) is 5.12. The van der Waals surface area contributed by atoms with E-state index in [4.69, 9.17) is 9.72 Å². The summed E-state index contributed by atoms with van der Waals surface area (Å²) in [6.07, 6.45) is 0.740. The average Bonchev–Trinajstić information content (AvgIpc) is 3.01. The van der Waals surface area contributed by atoms with Crippen molar-refractivity contribution in [3.8, 4) is 0 Å². The molecule has 0 saturated carbocycles. The molecule has 0 spiro atoms. The van der Waals surface area contributed by atoms with Gasteiger partial charge in [-0.05, 0) is 35.9 Å². The smallest absolute Gasteiger partial charge is 0.339 e. The van der Waals surface area contributed by atoms with Crippen molar-refractivity contribution in [2.45, 2.75) is 29.3 Å². The number of rotatable bonds is 8. The van der Waals surface area contributed by atoms with Gasteiger partial charge in [0.15, 0.2) is 6.61 Å². The first-order valence-electron chi connectivity index (χ1n) is 13.6. The molecule has 0 fully saturated rings. The Morgan fingerprint density at radius 1 is 0.854 bits per heavy atom. The van der Waals surface area contributed by atoms with Gasteiger partial charge in [0.25, 0.3) is 5.91 Å². The van der Waals surface area contributed by atoms with Crippen LogP contribution in [0.3, 0.4) is 0 Å². The summed E-state index contributed by atoms with van der Waals surface area (Å²) in [6, 6.07) is 35.5. The highest BCUT2D eigenvalue weighted by atomic mass is 32.2. The van der Waals surface area contributed by atoms with Crippen molar-refractivity contribution < 1.29 is 14.3 Å². The van der Waals surface area contributed by atoms with Gasteiger partial charge in [-0.15, -0.1) is 0 Å². The Morgan fingerprint density at radius 3 is 2.39 bits per heavy atom. The molecule has 1 aliphatic rings. The van der Waals surface area contributed by atoms with Crippen molar-refractivity contribution in [3.05, 3.63) is 132 Å². The van der Waals surface area contributed by atoms with Crippen LogP contribution in [0.5, 0.6) is 0 Å². The zero-order chi connectivity index (χ0) is 28.0. The lowest BCUT2D eigenvalue weighted by Gasteiger charge is -2.30. The van der Waals surface area contributed by atoms with Crippen molar-refractivity contribution >= 4 is 40.2 Å². The molecule has 0 unspecified atom stereocenters. The van der Waals surface area contributed by atoms with Crippen LogP contribution in [0, 0.1) is 0 Å². The molecule has 0 aliphatic carbocycles. The summed E-state index contributed by atoms with van der Waals surface area (Å²) < 4.78 is 5.64. The van der Waals surface area contributed by atoms with E-state index in [1.54, 1.807) is 11.8 Å². The average molecular weight is 560 g/mol. The number of ether oxygens (including phenoxy) is 1. The maximum Gasteiger partial charge on any atom is 0.339 e. The molecular formula is C34H29N3O3S. The van der Waals surface area contributed by atoms with Gasteiger partial charge in [0.1, 0.15) is 0 Å². The number of nitrogens with zero attached hydrogens (tertiary/aromatic N) is 2.